The minimum absolute atomic E-state index is 0.0469. The molecule has 5 heteroatoms. The zero-order valence-electron chi connectivity index (χ0n) is 20.4. The van der Waals surface area contributed by atoms with E-state index in [1.165, 1.54) is 0 Å². The average molecular weight is 457 g/mol. The second kappa shape index (κ2) is 8.53. The quantitative estimate of drug-likeness (QED) is 0.487. The van der Waals surface area contributed by atoms with E-state index >= 15 is 0 Å². The molecule has 0 radical (unpaired) electrons. The van der Waals surface area contributed by atoms with Crippen LogP contribution in [0.15, 0.2) is 48.5 Å². The third kappa shape index (κ3) is 3.97. The number of carbonyl (C=O) groups is 2. The predicted octanol–water partition coefficient (Wildman–Crippen LogP) is 5.52. The van der Waals surface area contributed by atoms with Crippen molar-refractivity contribution < 1.29 is 14.3 Å². The highest BCUT2D eigenvalue weighted by atomic mass is 16.5. The molecular formula is C29H32N2O3. The summed E-state index contributed by atoms with van der Waals surface area (Å²) in [5.41, 5.74) is 5.56. The molecule has 1 amide bonds. The van der Waals surface area contributed by atoms with E-state index in [9.17, 15) is 9.59 Å². The number of ether oxygens (including phenoxy) is 1. The van der Waals surface area contributed by atoms with Crippen molar-refractivity contribution in [3.8, 4) is 0 Å². The molecule has 2 heterocycles. The van der Waals surface area contributed by atoms with Crippen LogP contribution in [0.5, 0.6) is 0 Å². The third-order valence-corrected chi connectivity index (χ3v) is 7.49. The maximum absolute atomic E-state index is 13.5. The van der Waals surface area contributed by atoms with Gasteiger partial charge in [0.15, 0.2) is 6.61 Å². The SMILES string of the molecule is CC1Cc2ccccc2N1C(=O)COC(=O)c1c2c(nc3ccccc13)CCC(C(C)(C)C)C2. The number of hydrogen-bond donors (Lipinski definition) is 0. The smallest absolute Gasteiger partial charge is 0.339 e. The third-order valence-electron chi connectivity index (χ3n) is 7.49. The Labute approximate surface area is 201 Å². The number of fused-ring (bicyclic) bond motifs is 3. The van der Waals surface area contributed by atoms with Crippen LogP contribution in [-0.4, -0.2) is 29.5 Å². The second-order valence-corrected chi connectivity index (χ2v) is 10.8. The lowest BCUT2D eigenvalue weighted by Crippen LogP contribution is -2.38. The molecular weight excluding hydrogens is 424 g/mol. The number of pyridine rings is 1. The standard InChI is InChI=1S/C29H32N2O3/c1-18-15-19-9-5-8-12-25(19)31(18)26(32)17-34-28(33)27-21-10-6-7-11-23(21)30-24-14-13-20(16-22(24)27)29(2,3)4/h5-12,18,20H,13-17H2,1-4H3. The van der Waals surface area contributed by atoms with E-state index in [4.69, 9.17) is 9.72 Å². The van der Waals surface area contributed by atoms with Crippen molar-refractivity contribution in [3.05, 3.63) is 70.9 Å². The minimum Gasteiger partial charge on any atom is -0.452 e. The molecule has 3 aromatic rings. The predicted molar refractivity (Wildman–Crippen MR) is 134 cm³/mol. The molecule has 34 heavy (non-hydrogen) atoms. The van der Waals surface area contributed by atoms with Crippen molar-refractivity contribution in [2.75, 3.05) is 11.5 Å². The molecule has 2 atom stereocenters. The van der Waals surface area contributed by atoms with Crippen LogP contribution in [0.4, 0.5) is 5.69 Å². The van der Waals surface area contributed by atoms with E-state index in [0.29, 0.717) is 11.5 Å². The Balaban J connectivity index is 1.44. The molecule has 0 saturated heterocycles. The number of benzene rings is 2. The van der Waals surface area contributed by atoms with E-state index in [-0.39, 0.29) is 24.0 Å². The van der Waals surface area contributed by atoms with E-state index in [1.807, 2.05) is 55.5 Å². The number of esters is 1. The number of aryl methyl sites for hydroxylation is 1. The van der Waals surface area contributed by atoms with E-state index < -0.39 is 5.97 Å². The highest BCUT2D eigenvalue weighted by molar-refractivity contribution is 6.06. The first-order valence-corrected chi connectivity index (χ1v) is 12.2. The summed E-state index contributed by atoms with van der Waals surface area (Å²) in [6, 6.07) is 15.7. The van der Waals surface area contributed by atoms with Gasteiger partial charge in [0.05, 0.1) is 11.1 Å². The van der Waals surface area contributed by atoms with Gasteiger partial charge < -0.3 is 9.64 Å². The van der Waals surface area contributed by atoms with Crippen LogP contribution >= 0.6 is 0 Å². The lowest BCUT2D eigenvalue weighted by Gasteiger charge is -2.35. The number of anilines is 1. The van der Waals surface area contributed by atoms with E-state index in [1.54, 1.807) is 4.90 Å². The number of aromatic nitrogens is 1. The monoisotopic (exact) mass is 456 g/mol. The fraction of sp³-hybridized carbons (Fsp3) is 0.414. The molecule has 0 bridgehead atoms. The van der Waals surface area contributed by atoms with Crippen molar-refractivity contribution in [2.45, 2.75) is 59.4 Å². The first-order chi connectivity index (χ1) is 16.2. The summed E-state index contributed by atoms with van der Waals surface area (Å²) in [4.78, 5) is 33.3. The molecule has 1 aliphatic heterocycles. The number of amides is 1. The Hall–Kier alpha value is -3.21. The molecule has 2 aliphatic rings. The summed E-state index contributed by atoms with van der Waals surface area (Å²) < 4.78 is 5.70. The molecule has 176 valence electrons. The number of para-hydroxylation sites is 2. The Morgan fingerprint density at radius 3 is 2.59 bits per heavy atom. The van der Waals surface area contributed by atoms with Crippen LogP contribution < -0.4 is 4.90 Å². The molecule has 0 saturated carbocycles. The van der Waals surface area contributed by atoms with Gasteiger partial charge >= 0.3 is 5.97 Å². The fourth-order valence-corrected chi connectivity index (χ4v) is 5.58. The van der Waals surface area contributed by atoms with Gasteiger partial charge in [-0.3, -0.25) is 9.78 Å². The highest BCUT2D eigenvalue weighted by Crippen LogP contribution is 2.39. The number of carbonyl (C=O) groups excluding carboxylic acids is 2. The van der Waals surface area contributed by atoms with Crippen LogP contribution in [0.3, 0.4) is 0 Å². The zero-order valence-corrected chi connectivity index (χ0v) is 20.4. The fourth-order valence-electron chi connectivity index (χ4n) is 5.58. The van der Waals surface area contributed by atoms with Crippen molar-refractivity contribution in [1.82, 2.24) is 4.98 Å². The molecule has 0 spiro atoms. The summed E-state index contributed by atoms with van der Waals surface area (Å²) in [5, 5.41) is 0.799. The lowest BCUT2D eigenvalue weighted by molar-refractivity contribution is -0.122. The van der Waals surface area contributed by atoms with Crippen molar-refractivity contribution in [3.63, 3.8) is 0 Å². The topological polar surface area (TPSA) is 59.5 Å². The number of nitrogens with zero attached hydrogens (tertiary/aromatic N) is 2. The van der Waals surface area contributed by atoms with Crippen molar-refractivity contribution in [1.29, 1.82) is 0 Å². The normalized spacial score (nSPS) is 19.6. The second-order valence-electron chi connectivity index (χ2n) is 10.8. The summed E-state index contributed by atoms with van der Waals surface area (Å²) in [6.45, 7) is 8.51. The maximum Gasteiger partial charge on any atom is 0.339 e. The number of rotatable bonds is 3. The van der Waals surface area contributed by atoms with Gasteiger partial charge in [0.2, 0.25) is 0 Å². The average Bonchev–Trinajstić information content (AvgIpc) is 3.15. The highest BCUT2D eigenvalue weighted by Gasteiger charge is 2.34. The molecule has 2 aromatic carbocycles. The minimum atomic E-state index is -0.433. The van der Waals surface area contributed by atoms with Crippen LogP contribution in [0.25, 0.3) is 10.9 Å². The van der Waals surface area contributed by atoms with Gasteiger partial charge in [-0.1, -0.05) is 57.2 Å². The number of hydrogen-bond acceptors (Lipinski definition) is 4. The lowest BCUT2D eigenvalue weighted by atomic mass is 9.70. The Bertz CT molecular complexity index is 1270. The Kier molecular flexibility index (Phi) is 5.67. The van der Waals surface area contributed by atoms with Crippen molar-refractivity contribution in [2.24, 2.45) is 11.3 Å². The van der Waals surface area contributed by atoms with Crippen LogP contribution in [0.2, 0.25) is 0 Å². The Morgan fingerprint density at radius 2 is 1.79 bits per heavy atom. The first-order valence-electron chi connectivity index (χ1n) is 12.2. The van der Waals surface area contributed by atoms with Crippen LogP contribution in [-0.2, 0) is 28.8 Å². The van der Waals surface area contributed by atoms with Gasteiger partial charge in [-0.25, -0.2) is 4.79 Å². The summed E-state index contributed by atoms with van der Waals surface area (Å²) >= 11 is 0. The van der Waals surface area contributed by atoms with E-state index in [2.05, 4.69) is 20.8 Å². The van der Waals surface area contributed by atoms with Gasteiger partial charge in [-0.15, -0.1) is 0 Å². The zero-order chi connectivity index (χ0) is 24.0. The van der Waals surface area contributed by atoms with Gasteiger partial charge in [-0.05, 0) is 67.2 Å². The maximum atomic E-state index is 13.5. The Morgan fingerprint density at radius 1 is 1.06 bits per heavy atom. The summed E-state index contributed by atoms with van der Waals surface area (Å²) in [7, 11) is 0. The van der Waals surface area contributed by atoms with Crippen LogP contribution in [0.1, 0.15) is 61.3 Å². The van der Waals surface area contributed by atoms with Crippen LogP contribution in [0, 0.1) is 11.3 Å². The van der Waals surface area contributed by atoms with Crippen molar-refractivity contribution >= 4 is 28.5 Å². The van der Waals surface area contributed by atoms with E-state index in [0.717, 1.165) is 59.1 Å². The first kappa shape index (κ1) is 22.6. The van der Waals surface area contributed by atoms with Gasteiger partial charge in [0.1, 0.15) is 0 Å². The molecule has 1 aromatic heterocycles. The van der Waals surface area contributed by atoms with Gasteiger partial charge in [0, 0.05) is 22.8 Å². The molecule has 2 unspecified atom stereocenters. The molecule has 5 nitrogen and oxygen atoms in total. The largest absolute Gasteiger partial charge is 0.452 e. The van der Waals surface area contributed by atoms with Gasteiger partial charge in [0.25, 0.3) is 5.91 Å². The van der Waals surface area contributed by atoms with Gasteiger partial charge in [-0.2, -0.15) is 0 Å². The molecule has 0 fully saturated rings. The molecule has 1 aliphatic carbocycles. The summed E-state index contributed by atoms with van der Waals surface area (Å²) in [5.74, 6) is -0.165. The molecule has 5 rings (SSSR count). The molecule has 0 N–H and O–H groups in total. The summed E-state index contributed by atoms with van der Waals surface area (Å²) in [6.07, 6.45) is 3.52.